The maximum atomic E-state index is 12.0. The Hall–Kier alpha value is -2.08. The molecule has 1 rings (SSSR count). The van der Waals surface area contributed by atoms with Gasteiger partial charge in [0.1, 0.15) is 17.6 Å². The lowest BCUT2D eigenvalue weighted by molar-refractivity contribution is 0.0933. The highest BCUT2D eigenvalue weighted by Gasteiger charge is 2.15. The predicted molar refractivity (Wildman–Crippen MR) is 91.0 cm³/mol. The molecule has 0 bridgehead atoms. The number of aliphatic hydroxyl groups is 1. The number of ether oxygens (including phenoxy) is 1. The number of hydrogen-bond acceptors (Lipinski definition) is 4. The molecule has 0 spiro atoms. The van der Waals surface area contributed by atoms with Crippen LogP contribution in [-0.2, 0) is 0 Å². The summed E-state index contributed by atoms with van der Waals surface area (Å²) in [6, 6.07) is 5.92. The van der Waals surface area contributed by atoms with Gasteiger partial charge in [-0.15, -0.1) is 0 Å². The quantitative estimate of drug-likeness (QED) is 0.284. The first-order valence-electron chi connectivity index (χ1n) is 8.07. The van der Waals surface area contributed by atoms with Crippen molar-refractivity contribution < 1.29 is 14.6 Å². The number of hydrogen-bond donors (Lipinski definition) is 4. The van der Waals surface area contributed by atoms with E-state index in [4.69, 9.17) is 21.0 Å². The number of benzene rings is 1. The van der Waals surface area contributed by atoms with Crippen LogP contribution in [0.1, 0.15) is 49.4 Å². The van der Waals surface area contributed by atoms with Crippen molar-refractivity contribution in [2.45, 2.75) is 45.1 Å². The van der Waals surface area contributed by atoms with Crippen molar-refractivity contribution in [3.05, 3.63) is 29.8 Å². The molecule has 1 aromatic carbocycles. The van der Waals surface area contributed by atoms with Crippen LogP contribution < -0.4 is 15.8 Å². The summed E-state index contributed by atoms with van der Waals surface area (Å²) in [7, 11) is 0. The number of amidine groups is 1. The molecule has 0 radical (unpaired) electrons. The summed E-state index contributed by atoms with van der Waals surface area (Å²) in [6.07, 6.45) is 5.92. The second-order valence-electron chi connectivity index (χ2n) is 5.45. The molecule has 0 saturated heterocycles. The first-order chi connectivity index (χ1) is 11.1. The van der Waals surface area contributed by atoms with Gasteiger partial charge in [0, 0.05) is 5.56 Å². The van der Waals surface area contributed by atoms with E-state index in [0.717, 1.165) is 12.2 Å². The molecule has 6 nitrogen and oxygen atoms in total. The largest absolute Gasteiger partial charge is 0.494 e. The van der Waals surface area contributed by atoms with Crippen LogP contribution in [0, 0.1) is 5.41 Å². The number of rotatable bonds is 11. The Labute approximate surface area is 137 Å². The molecule has 0 aliphatic carbocycles. The molecule has 1 aromatic rings. The van der Waals surface area contributed by atoms with Crippen LogP contribution in [0.5, 0.6) is 5.75 Å². The zero-order valence-electron chi connectivity index (χ0n) is 13.7. The maximum absolute atomic E-state index is 12.0. The molecule has 0 fully saturated rings. The molecule has 0 aromatic heterocycles. The maximum Gasteiger partial charge on any atom is 0.251 e. The monoisotopic (exact) mass is 321 g/mol. The predicted octanol–water partition coefficient (Wildman–Crippen LogP) is 2.06. The minimum absolute atomic E-state index is 0.274. The van der Waals surface area contributed by atoms with Crippen LogP contribution >= 0.6 is 0 Å². The zero-order valence-corrected chi connectivity index (χ0v) is 13.7. The second kappa shape index (κ2) is 10.6. The summed E-state index contributed by atoms with van der Waals surface area (Å²) >= 11 is 0. The van der Waals surface area contributed by atoms with Crippen molar-refractivity contribution in [3.63, 3.8) is 0 Å². The molecule has 0 saturated carbocycles. The molecule has 23 heavy (non-hydrogen) atoms. The average Bonchev–Trinajstić information content (AvgIpc) is 2.55. The van der Waals surface area contributed by atoms with Gasteiger partial charge in [-0.2, -0.15) is 0 Å². The van der Waals surface area contributed by atoms with Crippen molar-refractivity contribution in [2.75, 3.05) is 13.2 Å². The van der Waals surface area contributed by atoms with Gasteiger partial charge in [-0.1, -0.05) is 32.6 Å². The zero-order chi connectivity index (χ0) is 17.1. The summed E-state index contributed by atoms with van der Waals surface area (Å²) in [5, 5.41) is 18.8. The van der Waals surface area contributed by atoms with Crippen LogP contribution in [0.25, 0.3) is 0 Å². The molecule has 1 atom stereocenters. The number of carbonyl (C=O) groups excluding carboxylic acids is 1. The van der Waals surface area contributed by atoms with Gasteiger partial charge in [-0.3, -0.25) is 10.2 Å². The number of nitrogens with one attached hydrogen (secondary N) is 2. The van der Waals surface area contributed by atoms with E-state index in [9.17, 15) is 4.79 Å². The van der Waals surface area contributed by atoms with Crippen LogP contribution in [0.3, 0.4) is 0 Å². The van der Waals surface area contributed by atoms with Gasteiger partial charge in [0.15, 0.2) is 0 Å². The van der Waals surface area contributed by atoms with Gasteiger partial charge in [-0.05, 0) is 30.7 Å². The fourth-order valence-electron chi connectivity index (χ4n) is 2.06. The minimum Gasteiger partial charge on any atom is -0.494 e. The Morgan fingerprint density at radius 2 is 1.91 bits per heavy atom. The minimum atomic E-state index is -0.860. The van der Waals surface area contributed by atoms with Gasteiger partial charge in [-0.25, -0.2) is 0 Å². The standard InChI is InChI=1S/C17H27N3O3/c1-2-3-4-5-6-11-23-14-9-7-13(8-10-14)17(22)20-15(12-21)16(18)19/h7-10,15,21H,2-6,11-12H2,1H3,(H3,18,19)(H,20,22)/t15-/m0/s1. The molecule has 128 valence electrons. The number of unbranched alkanes of at least 4 members (excludes halogenated alkanes) is 4. The number of amides is 1. The van der Waals surface area contributed by atoms with Gasteiger partial charge in [0.2, 0.25) is 0 Å². The fraction of sp³-hybridized carbons (Fsp3) is 0.529. The third-order valence-electron chi connectivity index (χ3n) is 3.50. The topological polar surface area (TPSA) is 108 Å². The SMILES string of the molecule is CCCCCCCOc1ccc(C(=O)N[C@@H](CO)C(=N)N)cc1. The molecule has 6 heteroatoms. The summed E-state index contributed by atoms with van der Waals surface area (Å²) in [4.78, 5) is 12.0. The van der Waals surface area contributed by atoms with E-state index >= 15 is 0 Å². The van der Waals surface area contributed by atoms with Crippen LogP contribution in [0.15, 0.2) is 24.3 Å². The Morgan fingerprint density at radius 1 is 1.26 bits per heavy atom. The summed E-state index contributed by atoms with van der Waals surface area (Å²) < 4.78 is 5.64. The van der Waals surface area contributed by atoms with Crippen molar-refractivity contribution in [2.24, 2.45) is 5.73 Å². The summed E-state index contributed by atoms with van der Waals surface area (Å²) in [5.74, 6) is 0.0663. The first-order valence-corrected chi connectivity index (χ1v) is 8.07. The van der Waals surface area contributed by atoms with Crippen LogP contribution in [-0.4, -0.2) is 36.1 Å². The average molecular weight is 321 g/mol. The highest BCUT2D eigenvalue weighted by molar-refractivity contribution is 5.97. The van der Waals surface area contributed by atoms with E-state index in [0.29, 0.717) is 12.2 Å². The van der Waals surface area contributed by atoms with Gasteiger partial charge >= 0.3 is 0 Å². The normalized spacial score (nSPS) is 11.7. The van der Waals surface area contributed by atoms with E-state index in [1.165, 1.54) is 25.7 Å². The lowest BCUT2D eigenvalue weighted by Crippen LogP contribution is -2.46. The Morgan fingerprint density at radius 3 is 2.48 bits per heavy atom. The molecule has 0 aliphatic rings. The molecule has 1 amide bonds. The van der Waals surface area contributed by atoms with Crippen molar-refractivity contribution >= 4 is 11.7 Å². The number of nitrogens with two attached hydrogens (primary N) is 1. The van der Waals surface area contributed by atoms with E-state index in [1.54, 1.807) is 24.3 Å². The molecule has 0 heterocycles. The third kappa shape index (κ3) is 7.15. The Balaban J connectivity index is 2.40. The van der Waals surface area contributed by atoms with E-state index in [2.05, 4.69) is 12.2 Å². The van der Waals surface area contributed by atoms with Crippen LogP contribution in [0.2, 0.25) is 0 Å². The Bertz CT molecular complexity index is 488. The Kier molecular flexibility index (Phi) is 8.75. The van der Waals surface area contributed by atoms with Crippen molar-refractivity contribution in [1.29, 1.82) is 5.41 Å². The van der Waals surface area contributed by atoms with Crippen molar-refractivity contribution in [1.82, 2.24) is 5.32 Å². The van der Waals surface area contributed by atoms with E-state index in [1.807, 2.05) is 0 Å². The van der Waals surface area contributed by atoms with E-state index < -0.39 is 12.6 Å². The summed E-state index contributed by atoms with van der Waals surface area (Å²) in [6.45, 7) is 2.46. The van der Waals surface area contributed by atoms with Gasteiger partial charge in [0.05, 0.1) is 13.2 Å². The third-order valence-corrected chi connectivity index (χ3v) is 3.50. The lowest BCUT2D eigenvalue weighted by Gasteiger charge is -2.14. The highest BCUT2D eigenvalue weighted by atomic mass is 16.5. The lowest BCUT2D eigenvalue weighted by atomic mass is 10.1. The molecule has 0 aliphatic heterocycles. The fourth-order valence-corrected chi connectivity index (χ4v) is 2.06. The van der Waals surface area contributed by atoms with Gasteiger partial charge < -0.3 is 20.9 Å². The van der Waals surface area contributed by atoms with Crippen molar-refractivity contribution in [3.8, 4) is 5.75 Å². The van der Waals surface area contributed by atoms with E-state index in [-0.39, 0.29) is 11.7 Å². The molecule has 5 N–H and O–H groups in total. The molecular formula is C17H27N3O3. The molecule has 0 unspecified atom stereocenters. The second-order valence-corrected chi connectivity index (χ2v) is 5.45. The van der Waals surface area contributed by atoms with Crippen LogP contribution in [0.4, 0.5) is 0 Å². The smallest absolute Gasteiger partial charge is 0.251 e. The molecular weight excluding hydrogens is 294 g/mol. The first kappa shape index (κ1) is 19.0. The highest BCUT2D eigenvalue weighted by Crippen LogP contribution is 2.13. The number of aliphatic hydroxyl groups excluding tert-OH is 1. The summed E-state index contributed by atoms with van der Waals surface area (Å²) in [5.41, 5.74) is 5.72. The van der Waals surface area contributed by atoms with Gasteiger partial charge in [0.25, 0.3) is 5.91 Å². The number of carbonyl (C=O) groups is 1.